The highest BCUT2D eigenvalue weighted by Gasteiger charge is 2.04. The average molecular weight is 245 g/mol. The Morgan fingerprint density at radius 1 is 1.39 bits per heavy atom. The monoisotopic (exact) mass is 245 g/mol. The molecule has 1 heterocycles. The fraction of sp³-hybridized carbons (Fsp3) is 0.429. The zero-order valence-corrected chi connectivity index (χ0v) is 10.7. The van der Waals surface area contributed by atoms with E-state index in [1.807, 2.05) is 24.3 Å². The summed E-state index contributed by atoms with van der Waals surface area (Å²) in [5, 5.41) is 0. The van der Waals surface area contributed by atoms with Crippen LogP contribution in [0.4, 0.5) is 0 Å². The summed E-state index contributed by atoms with van der Waals surface area (Å²) in [7, 11) is 0. The van der Waals surface area contributed by atoms with Gasteiger partial charge in [0.05, 0.1) is 17.2 Å². The van der Waals surface area contributed by atoms with Crippen molar-refractivity contribution in [2.24, 2.45) is 5.73 Å². The van der Waals surface area contributed by atoms with Crippen LogP contribution in [0.25, 0.3) is 11.0 Å². The topological polar surface area (TPSA) is 60.9 Å². The van der Waals surface area contributed by atoms with Crippen LogP contribution in [0.3, 0.4) is 0 Å². The van der Waals surface area contributed by atoms with Gasteiger partial charge in [-0.2, -0.15) is 0 Å². The molecule has 2 aromatic rings. The molecule has 0 aliphatic heterocycles. The largest absolute Gasteiger partial charge is 0.328 e. The summed E-state index contributed by atoms with van der Waals surface area (Å²) >= 11 is 0. The summed E-state index contributed by atoms with van der Waals surface area (Å²) in [6.07, 6.45) is 4.23. The lowest BCUT2D eigenvalue weighted by Gasteiger charge is -2.11. The predicted molar refractivity (Wildman–Crippen MR) is 73.5 cm³/mol. The van der Waals surface area contributed by atoms with Crippen molar-refractivity contribution in [3.8, 4) is 0 Å². The van der Waals surface area contributed by atoms with Crippen LogP contribution in [-0.2, 0) is 6.54 Å². The van der Waals surface area contributed by atoms with E-state index in [0.29, 0.717) is 6.54 Å². The number of hydrogen-bond acceptors (Lipinski definition) is 3. The molecule has 96 valence electrons. The van der Waals surface area contributed by atoms with Gasteiger partial charge in [0.2, 0.25) is 0 Å². The van der Waals surface area contributed by atoms with Crippen LogP contribution in [0.5, 0.6) is 0 Å². The standard InChI is InChI=1S/C14H19N3O/c1-2-11(15)6-5-9-17-13-8-4-3-7-12(13)16-10-14(17)18/h3-4,7-8,10-11H,2,5-6,9,15H2,1H3. The van der Waals surface area contributed by atoms with Crippen molar-refractivity contribution in [1.82, 2.24) is 9.55 Å². The maximum absolute atomic E-state index is 11.8. The Morgan fingerprint density at radius 2 is 2.17 bits per heavy atom. The third-order valence-electron chi connectivity index (χ3n) is 3.23. The molecule has 0 fully saturated rings. The average Bonchev–Trinajstić information content (AvgIpc) is 2.41. The first kappa shape index (κ1) is 12.8. The lowest BCUT2D eigenvalue weighted by atomic mass is 10.1. The van der Waals surface area contributed by atoms with E-state index in [0.717, 1.165) is 30.3 Å². The quantitative estimate of drug-likeness (QED) is 0.875. The third kappa shape index (κ3) is 2.76. The van der Waals surface area contributed by atoms with Crippen LogP contribution in [0, 0.1) is 0 Å². The van der Waals surface area contributed by atoms with Crippen LogP contribution in [0.15, 0.2) is 35.3 Å². The van der Waals surface area contributed by atoms with E-state index in [9.17, 15) is 4.79 Å². The fourth-order valence-electron chi connectivity index (χ4n) is 2.06. The van der Waals surface area contributed by atoms with E-state index < -0.39 is 0 Å². The van der Waals surface area contributed by atoms with E-state index in [1.54, 1.807) is 4.57 Å². The molecule has 1 aromatic carbocycles. The molecule has 0 amide bonds. The molecular weight excluding hydrogens is 226 g/mol. The highest BCUT2D eigenvalue weighted by molar-refractivity contribution is 5.74. The van der Waals surface area contributed by atoms with Gasteiger partial charge in [0.25, 0.3) is 5.56 Å². The summed E-state index contributed by atoms with van der Waals surface area (Å²) in [6.45, 7) is 2.79. The van der Waals surface area contributed by atoms with Gasteiger partial charge in [-0.05, 0) is 31.4 Å². The molecule has 1 unspecified atom stereocenters. The number of aryl methyl sites for hydroxylation is 1. The zero-order valence-electron chi connectivity index (χ0n) is 10.7. The molecule has 0 saturated carbocycles. The van der Waals surface area contributed by atoms with Gasteiger partial charge in [-0.15, -0.1) is 0 Å². The minimum Gasteiger partial charge on any atom is -0.328 e. The van der Waals surface area contributed by atoms with Crippen molar-refractivity contribution in [2.75, 3.05) is 0 Å². The van der Waals surface area contributed by atoms with Crippen molar-refractivity contribution < 1.29 is 0 Å². The molecule has 2 rings (SSSR count). The molecule has 0 aliphatic carbocycles. The normalized spacial score (nSPS) is 12.8. The molecule has 1 aromatic heterocycles. The Kier molecular flexibility index (Phi) is 4.10. The lowest BCUT2D eigenvalue weighted by molar-refractivity contribution is 0.524. The Morgan fingerprint density at radius 3 is 2.94 bits per heavy atom. The van der Waals surface area contributed by atoms with Crippen molar-refractivity contribution in [3.05, 3.63) is 40.8 Å². The van der Waals surface area contributed by atoms with Gasteiger partial charge in [-0.3, -0.25) is 4.79 Å². The maximum Gasteiger partial charge on any atom is 0.269 e. The van der Waals surface area contributed by atoms with Crippen LogP contribution >= 0.6 is 0 Å². The Hall–Kier alpha value is -1.68. The SMILES string of the molecule is CCC(N)CCCn1c(=O)cnc2ccccc21. The second-order valence-corrected chi connectivity index (χ2v) is 4.55. The zero-order chi connectivity index (χ0) is 13.0. The number of hydrogen-bond donors (Lipinski definition) is 1. The number of fused-ring (bicyclic) bond motifs is 1. The first-order chi connectivity index (χ1) is 8.72. The highest BCUT2D eigenvalue weighted by atomic mass is 16.1. The van der Waals surface area contributed by atoms with Crippen molar-refractivity contribution in [3.63, 3.8) is 0 Å². The van der Waals surface area contributed by atoms with E-state index in [-0.39, 0.29) is 11.6 Å². The van der Waals surface area contributed by atoms with Crippen molar-refractivity contribution >= 4 is 11.0 Å². The number of para-hydroxylation sites is 2. The molecule has 1 atom stereocenters. The molecule has 4 heteroatoms. The third-order valence-corrected chi connectivity index (χ3v) is 3.23. The van der Waals surface area contributed by atoms with Crippen LogP contribution in [-0.4, -0.2) is 15.6 Å². The van der Waals surface area contributed by atoms with Crippen LogP contribution < -0.4 is 11.3 Å². The summed E-state index contributed by atoms with van der Waals surface area (Å²) < 4.78 is 1.78. The van der Waals surface area contributed by atoms with Gasteiger partial charge in [-0.1, -0.05) is 19.1 Å². The number of benzene rings is 1. The number of nitrogens with zero attached hydrogens (tertiary/aromatic N) is 2. The van der Waals surface area contributed by atoms with Crippen molar-refractivity contribution in [1.29, 1.82) is 0 Å². The number of rotatable bonds is 5. The van der Waals surface area contributed by atoms with Crippen LogP contribution in [0.2, 0.25) is 0 Å². The number of aromatic nitrogens is 2. The Balaban J connectivity index is 2.21. The fourth-order valence-corrected chi connectivity index (χ4v) is 2.06. The first-order valence-electron chi connectivity index (χ1n) is 6.42. The smallest absolute Gasteiger partial charge is 0.269 e. The maximum atomic E-state index is 11.8. The molecule has 0 saturated heterocycles. The molecule has 4 nitrogen and oxygen atoms in total. The predicted octanol–water partition coefficient (Wildman–Crippen LogP) is 1.91. The van der Waals surface area contributed by atoms with E-state index in [2.05, 4.69) is 11.9 Å². The number of nitrogens with two attached hydrogens (primary N) is 1. The van der Waals surface area contributed by atoms with Gasteiger partial charge >= 0.3 is 0 Å². The summed E-state index contributed by atoms with van der Waals surface area (Å²) in [6, 6.07) is 7.94. The molecule has 0 radical (unpaired) electrons. The summed E-state index contributed by atoms with van der Waals surface area (Å²) in [5.41, 5.74) is 7.60. The second kappa shape index (κ2) is 5.78. The molecule has 0 aliphatic rings. The van der Waals surface area contributed by atoms with Crippen LogP contribution in [0.1, 0.15) is 26.2 Å². The van der Waals surface area contributed by atoms with Gasteiger partial charge in [-0.25, -0.2) is 4.98 Å². The second-order valence-electron chi connectivity index (χ2n) is 4.55. The molecule has 18 heavy (non-hydrogen) atoms. The highest BCUT2D eigenvalue weighted by Crippen LogP contribution is 2.09. The summed E-state index contributed by atoms with van der Waals surface area (Å²) in [5.74, 6) is 0. The van der Waals surface area contributed by atoms with E-state index in [4.69, 9.17) is 5.73 Å². The minimum absolute atomic E-state index is 0.0428. The molecule has 2 N–H and O–H groups in total. The minimum atomic E-state index is -0.0428. The van der Waals surface area contributed by atoms with Gasteiger partial charge in [0.1, 0.15) is 0 Å². The molecular formula is C14H19N3O. The van der Waals surface area contributed by atoms with E-state index >= 15 is 0 Å². The first-order valence-corrected chi connectivity index (χ1v) is 6.42. The van der Waals surface area contributed by atoms with Gasteiger partial charge < -0.3 is 10.3 Å². The van der Waals surface area contributed by atoms with Gasteiger partial charge in [0, 0.05) is 12.6 Å². The van der Waals surface area contributed by atoms with E-state index in [1.165, 1.54) is 6.20 Å². The lowest BCUT2D eigenvalue weighted by Crippen LogP contribution is -2.23. The summed E-state index contributed by atoms with van der Waals surface area (Å²) in [4.78, 5) is 16.0. The Bertz CT molecular complexity index is 577. The molecule has 0 bridgehead atoms. The van der Waals surface area contributed by atoms with Gasteiger partial charge in [0.15, 0.2) is 0 Å². The Labute approximate surface area is 106 Å². The van der Waals surface area contributed by atoms with Crippen molar-refractivity contribution in [2.45, 2.75) is 38.8 Å². The molecule has 0 spiro atoms.